The van der Waals surface area contributed by atoms with E-state index in [0.29, 0.717) is 5.11 Å². The second kappa shape index (κ2) is 6.57. The van der Waals surface area contributed by atoms with E-state index in [-0.39, 0.29) is 12.6 Å². The summed E-state index contributed by atoms with van der Waals surface area (Å²) in [5.41, 5.74) is 3.35. The molecule has 0 amide bonds. The van der Waals surface area contributed by atoms with E-state index < -0.39 is 0 Å². The van der Waals surface area contributed by atoms with Gasteiger partial charge in [0.25, 0.3) is 0 Å². The molecule has 0 aliphatic rings. The SMILES string of the molecule is CC[C@H](CO)NC(=S)Nc1cc(C)ccc1C. The maximum atomic E-state index is 9.09. The van der Waals surface area contributed by atoms with Crippen molar-refractivity contribution in [1.29, 1.82) is 0 Å². The molecule has 17 heavy (non-hydrogen) atoms. The highest BCUT2D eigenvalue weighted by atomic mass is 32.1. The van der Waals surface area contributed by atoms with Gasteiger partial charge in [0.2, 0.25) is 0 Å². The van der Waals surface area contributed by atoms with Crippen molar-refractivity contribution in [2.45, 2.75) is 33.2 Å². The van der Waals surface area contributed by atoms with Crippen LogP contribution in [-0.4, -0.2) is 22.9 Å². The fraction of sp³-hybridized carbons (Fsp3) is 0.462. The summed E-state index contributed by atoms with van der Waals surface area (Å²) < 4.78 is 0. The largest absolute Gasteiger partial charge is 0.394 e. The quantitative estimate of drug-likeness (QED) is 0.720. The summed E-state index contributed by atoms with van der Waals surface area (Å²) in [5.74, 6) is 0. The molecule has 3 N–H and O–H groups in total. The van der Waals surface area contributed by atoms with Crippen LogP contribution in [0.2, 0.25) is 0 Å². The Hall–Kier alpha value is -1.13. The van der Waals surface area contributed by atoms with E-state index in [9.17, 15) is 0 Å². The molecule has 0 spiro atoms. The van der Waals surface area contributed by atoms with Crippen LogP contribution in [0.3, 0.4) is 0 Å². The topological polar surface area (TPSA) is 44.3 Å². The summed E-state index contributed by atoms with van der Waals surface area (Å²) in [7, 11) is 0. The van der Waals surface area contributed by atoms with Gasteiger partial charge >= 0.3 is 0 Å². The summed E-state index contributed by atoms with van der Waals surface area (Å²) in [6.45, 7) is 6.18. The van der Waals surface area contributed by atoms with E-state index >= 15 is 0 Å². The maximum Gasteiger partial charge on any atom is 0.171 e. The van der Waals surface area contributed by atoms with Gasteiger partial charge in [-0.15, -0.1) is 0 Å². The van der Waals surface area contributed by atoms with Gasteiger partial charge in [0.1, 0.15) is 0 Å². The van der Waals surface area contributed by atoms with Crippen LogP contribution in [0.5, 0.6) is 0 Å². The maximum absolute atomic E-state index is 9.09. The van der Waals surface area contributed by atoms with Crippen LogP contribution in [-0.2, 0) is 0 Å². The number of anilines is 1. The van der Waals surface area contributed by atoms with Crippen molar-refractivity contribution < 1.29 is 5.11 Å². The Labute approximate surface area is 108 Å². The Morgan fingerprint density at radius 1 is 1.41 bits per heavy atom. The first kappa shape index (κ1) is 13.9. The average molecular weight is 252 g/mol. The van der Waals surface area contributed by atoms with Crippen LogP contribution >= 0.6 is 12.2 Å². The molecule has 4 heteroatoms. The molecule has 3 nitrogen and oxygen atoms in total. The van der Waals surface area contributed by atoms with Crippen LogP contribution in [0.1, 0.15) is 24.5 Å². The predicted octanol–water partition coefficient (Wildman–Crippen LogP) is 2.36. The summed E-state index contributed by atoms with van der Waals surface area (Å²) in [6, 6.07) is 6.20. The summed E-state index contributed by atoms with van der Waals surface area (Å²) in [6.07, 6.45) is 0.838. The molecule has 0 saturated carbocycles. The first-order valence-corrected chi connectivity index (χ1v) is 6.23. The monoisotopic (exact) mass is 252 g/mol. The number of aryl methyl sites for hydroxylation is 2. The number of benzene rings is 1. The van der Waals surface area contributed by atoms with Crippen molar-refractivity contribution in [3.05, 3.63) is 29.3 Å². The third-order valence-corrected chi connectivity index (χ3v) is 2.91. The lowest BCUT2D eigenvalue weighted by atomic mass is 10.1. The Bertz CT molecular complexity index is 389. The minimum Gasteiger partial charge on any atom is -0.394 e. The fourth-order valence-electron chi connectivity index (χ4n) is 1.49. The van der Waals surface area contributed by atoms with Crippen molar-refractivity contribution in [2.75, 3.05) is 11.9 Å². The van der Waals surface area contributed by atoms with E-state index in [2.05, 4.69) is 28.8 Å². The van der Waals surface area contributed by atoms with Crippen molar-refractivity contribution in [2.24, 2.45) is 0 Å². The molecule has 0 radical (unpaired) electrons. The highest BCUT2D eigenvalue weighted by molar-refractivity contribution is 7.80. The third kappa shape index (κ3) is 4.32. The normalized spacial score (nSPS) is 12.0. The van der Waals surface area contributed by atoms with Crippen molar-refractivity contribution >= 4 is 23.0 Å². The first-order valence-electron chi connectivity index (χ1n) is 5.82. The molecule has 1 atom stereocenters. The van der Waals surface area contributed by atoms with Gasteiger partial charge in [0.15, 0.2) is 5.11 Å². The summed E-state index contributed by atoms with van der Waals surface area (Å²) >= 11 is 5.21. The van der Waals surface area contributed by atoms with Crippen molar-refractivity contribution in [3.8, 4) is 0 Å². The zero-order chi connectivity index (χ0) is 12.8. The fourth-order valence-corrected chi connectivity index (χ4v) is 1.77. The van der Waals surface area contributed by atoms with Gasteiger partial charge in [0.05, 0.1) is 12.6 Å². The van der Waals surface area contributed by atoms with Crippen LogP contribution in [0.25, 0.3) is 0 Å². The van der Waals surface area contributed by atoms with Gasteiger partial charge in [-0.25, -0.2) is 0 Å². The lowest BCUT2D eigenvalue weighted by Gasteiger charge is -2.18. The average Bonchev–Trinajstić information content (AvgIpc) is 2.31. The number of hydrogen-bond donors (Lipinski definition) is 3. The van der Waals surface area contributed by atoms with E-state index in [1.54, 1.807) is 0 Å². The van der Waals surface area contributed by atoms with Gasteiger partial charge < -0.3 is 15.7 Å². The van der Waals surface area contributed by atoms with Gasteiger partial charge in [-0.2, -0.15) is 0 Å². The number of aliphatic hydroxyl groups excluding tert-OH is 1. The minimum absolute atomic E-state index is 0.0140. The molecular formula is C13H20N2OS. The van der Waals surface area contributed by atoms with Crippen LogP contribution in [0, 0.1) is 13.8 Å². The standard InChI is InChI=1S/C13H20N2OS/c1-4-11(8-16)14-13(17)15-12-7-9(2)5-6-10(12)3/h5-7,11,16H,4,8H2,1-3H3,(H2,14,15,17)/t11-/m1/s1. The molecule has 0 aliphatic heterocycles. The molecule has 0 aromatic heterocycles. The van der Waals surface area contributed by atoms with Crippen LogP contribution in [0.15, 0.2) is 18.2 Å². The molecule has 0 aliphatic carbocycles. The molecule has 0 unspecified atom stereocenters. The second-order valence-corrected chi connectivity index (χ2v) is 4.61. The minimum atomic E-state index is 0.0140. The third-order valence-electron chi connectivity index (χ3n) is 2.69. The van der Waals surface area contributed by atoms with Gasteiger partial charge in [-0.05, 0) is 49.7 Å². The zero-order valence-corrected chi connectivity index (χ0v) is 11.4. The van der Waals surface area contributed by atoms with Gasteiger partial charge in [-0.3, -0.25) is 0 Å². The summed E-state index contributed by atoms with van der Waals surface area (Å²) in [5, 5.41) is 15.9. The second-order valence-electron chi connectivity index (χ2n) is 4.20. The number of hydrogen-bond acceptors (Lipinski definition) is 2. The van der Waals surface area contributed by atoms with Crippen LogP contribution < -0.4 is 10.6 Å². The van der Waals surface area contributed by atoms with E-state index in [0.717, 1.165) is 17.7 Å². The molecule has 0 bridgehead atoms. The number of nitrogens with one attached hydrogen (secondary N) is 2. The van der Waals surface area contributed by atoms with E-state index in [4.69, 9.17) is 17.3 Å². The highest BCUT2D eigenvalue weighted by Crippen LogP contribution is 2.16. The Balaban J connectivity index is 2.64. The molecule has 1 aromatic rings. The lowest BCUT2D eigenvalue weighted by Crippen LogP contribution is -2.39. The smallest absolute Gasteiger partial charge is 0.171 e. The molecule has 94 valence electrons. The number of aliphatic hydroxyl groups is 1. The Morgan fingerprint density at radius 3 is 2.71 bits per heavy atom. The molecule has 1 rings (SSSR count). The van der Waals surface area contributed by atoms with Crippen molar-refractivity contribution in [3.63, 3.8) is 0 Å². The van der Waals surface area contributed by atoms with E-state index in [1.807, 2.05) is 20.8 Å². The summed E-state index contributed by atoms with van der Waals surface area (Å²) in [4.78, 5) is 0. The molecule has 0 heterocycles. The first-order chi connectivity index (χ1) is 8.06. The Kier molecular flexibility index (Phi) is 5.38. The molecular weight excluding hydrogens is 232 g/mol. The molecule has 0 fully saturated rings. The highest BCUT2D eigenvalue weighted by Gasteiger charge is 2.07. The molecule has 0 saturated heterocycles. The van der Waals surface area contributed by atoms with Crippen molar-refractivity contribution in [1.82, 2.24) is 5.32 Å². The van der Waals surface area contributed by atoms with Crippen LogP contribution in [0.4, 0.5) is 5.69 Å². The number of rotatable bonds is 4. The zero-order valence-electron chi connectivity index (χ0n) is 10.6. The lowest BCUT2D eigenvalue weighted by molar-refractivity contribution is 0.253. The predicted molar refractivity (Wildman–Crippen MR) is 76.4 cm³/mol. The Morgan fingerprint density at radius 2 is 2.12 bits per heavy atom. The van der Waals surface area contributed by atoms with Gasteiger partial charge in [0, 0.05) is 5.69 Å². The number of thiocarbonyl (C=S) groups is 1. The van der Waals surface area contributed by atoms with E-state index in [1.165, 1.54) is 5.56 Å². The molecule has 1 aromatic carbocycles. The van der Waals surface area contributed by atoms with Gasteiger partial charge in [-0.1, -0.05) is 19.1 Å².